The Balaban J connectivity index is 1.86. The van der Waals surface area contributed by atoms with E-state index in [2.05, 4.69) is 0 Å². The molecular formula is C20H14F2O3. The molecular weight excluding hydrogens is 326 g/mol. The van der Waals surface area contributed by atoms with E-state index in [4.69, 9.17) is 9.84 Å². The van der Waals surface area contributed by atoms with Crippen LogP contribution in [0.5, 0.6) is 5.75 Å². The minimum atomic E-state index is -1.51. The topological polar surface area (TPSA) is 46.5 Å². The van der Waals surface area contributed by atoms with Crippen molar-refractivity contribution in [3.8, 4) is 16.9 Å². The molecule has 0 aliphatic heterocycles. The lowest BCUT2D eigenvalue weighted by Crippen LogP contribution is -2.02. The Hall–Kier alpha value is -3.21. The van der Waals surface area contributed by atoms with Gasteiger partial charge in [-0.2, -0.15) is 0 Å². The molecule has 3 aromatic rings. The third-order valence-electron chi connectivity index (χ3n) is 3.68. The molecule has 0 saturated heterocycles. The van der Waals surface area contributed by atoms with Crippen LogP contribution in [-0.4, -0.2) is 11.1 Å². The molecule has 1 N–H and O–H groups in total. The molecule has 0 unspecified atom stereocenters. The second kappa shape index (κ2) is 7.13. The van der Waals surface area contributed by atoms with Crippen molar-refractivity contribution in [3.63, 3.8) is 0 Å². The van der Waals surface area contributed by atoms with Crippen LogP contribution in [0.15, 0.2) is 66.7 Å². The molecule has 0 amide bonds. The number of hydrogen-bond donors (Lipinski definition) is 1. The summed E-state index contributed by atoms with van der Waals surface area (Å²) in [5, 5.41) is 8.85. The van der Waals surface area contributed by atoms with Crippen molar-refractivity contribution < 1.29 is 23.4 Å². The standard InChI is InChI=1S/C20H14F2O3/c21-18-11-17(20(23)24)19(22)10-16(18)14-7-4-8-15(9-14)25-12-13-5-2-1-3-6-13/h1-11H,12H2,(H,23,24). The summed E-state index contributed by atoms with van der Waals surface area (Å²) < 4.78 is 33.7. The van der Waals surface area contributed by atoms with Crippen LogP contribution in [0.2, 0.25) is 0 Å². The zero-order chi connectivity index (χ0) is 17.8. The number of carboxylic acid groups (broad SMARTS) is 1. The van der Waals surface area contributed by atoms with Gasteiger partial charge in [-0.15, -0.1) is 0 Å². The smallest absolute Gasteiger partial charge is 0.338 e. The van der Waals surface area contributed by atoms with E-state index in [1.165, 1.54) is 0 Å². The molecule has 3 rings (SSSR count). The lowest BCUT2D eigenvalue weighted by atomic mass is 10.0. The Morgan fingerprint density at radius 1 is 0.920 bits per heavy atom. The summed E-state index contributed by atoms with van der Waals surface area (Å²) in [7, 11) is 0. The zero-order valence-corrected chi connectivity index (χ0v) is 13.1. The first kappa shape index (κ1) is 16.6. The predicted octanol–water partition coefficient (Wildman–Crippen LogP) is 4.91. The summed E-state index contributed by atoms with van der Waals surface area (Å²) in [6.07, 6.45) is 0. The van der Waals surface area contributed by atoms with Crippen LogP contribution in [0.3, 0.4) is 0 Å². The van der Waals surface area contributed by atoms with Gasteiger partial charge in [-0.3, -0.25) is 0 Å². The van der Waals surface area contributed by atoms with E-state index in [-0.39, 0.29) is 5.56 Å². The fourth-order valence-corrected chi connectivity index (χ4v) is 2.43. The highest BCUT2D eigenvalue weighted by atomic mass is 19.1. The van der Waals surface area contributed by atoms with Gasteiger partial charge in [-0.05, 0) is 35.4 Å². The van der Waals surface area contributed by atoms with Crippen molar-refractivity contribution in [1.82, 2.24) is 0 Å². The van der Waals surface area contributed by atoms with Gasteiger partial charge in [-0.1, -0.05) is 42.5 Å². The van der Waals surface area contributed by atoms with Gasteiger partial charge >= 0.3 is 5.97 Å². The van der Waals surface area contributed by atoms with Gasteiger partial charge in [0.15, 0.2) is 0 Å². The van der Waals surface area contributed by atoms with Crippen molar-refractivity contribution in [2.75, 3.05) is 0 Å². The quantitative estimate of drug-likeness (QED) is 0.718. The summed E-state index contributed by atoms with van der Waals surface area (Å²) in [6, 6.07) is 17.7. The molecule has 0 heterocycles. The summed E-state index contributed by atoms with van der Waals surface area (Å²) in [5.74, 6) is -2.80. The second-order valence-electron chi connectivity index (χ2n) is 5.42. The van der Waals surface area contributed by atoms with Crippen LogP contribution in [-0.2, 0) is 6.61 Å². The molecule has 0 fully saturated rings. The van der Waals surface area contributed by atoms with Gasteiger partial charge in [0.1, 0.15) is 24.0 Å². The van der Waals surface area contributed by atoms with Crippen LogP contribution in [0, 0.1) is 11.6 Å². The van der Waals surface area contributed by atoms with E-state index < -0.39 is 23.2 Å². The lowest BCUT2D eigenvalue weighted by Gasteiger charge is -2.10. The third-order valence-corrected chi connectivity index (χ3v) is 3.68. The van der Waals surface area contributed by atoms with Crippen molar-refractivity contribution in [2.24, 2.45) is 0 Å². The number of carbonyl (C=O) groups is 1. The average Bonchev–Trinajstić information content (AvgIpc) is 2.62. The second-order valence-corrected chi connectivity index (χ2v) is 5.42. The molecule has 25 heavy (non-hydrogen) atoms. The maximum absolute atomic E-state index is 14.2. The van der Waals surface area contributed by atoms with Crippen molar-refractivity contribution in [2.45, 2.75) is 6.61 Å². The number of halogens is 2. The summed E-state index contributed by atoms with van der Waals surface area (Å²) in [6.45, 7) is 0.346. The number of hydrogen-bond acceptors (Lipinski definition) is 2. The molecule has 5 heteroatoms. The third kappa shape index (κ3) is 3.83. The lowest BCUT2D eigenvalue weighted by molar-refractivity contribution is 0.0691. The molecule has 0 saturated carbocycles. The van der Waals surface area contributed by atoms with Crippen molar-refractivity contribution in [1.29, 1.82) is 0 Å². The van der Waals surface area contributed by atoms with Crippen LogP contribution < -0.4 is 4.74 Å². The highest BCUT2D eigenvalue weighted by Gasteiger charge is 2.16. The highest BCUT2D eigenvalue weighted by Crippen LogP contribution is 2.28. The van der Waals surface area contributed by atoms with E-state index >= 15 is 0 Å². The molecule has 0 aliphatic rings. The van der Waals surface area contributed by atoms with E-state index in [9.17, 15) is 13.6 Å². The van der Waals surface area contributed by atoms with E-state index in [0.717, 1.165) is 11.6 Å². The summed E-state index contributed by atoms with van der Waals surface area (Å²) >= 11 is 0. The fraction of sp³-hybridized carbons (Fsp3) is 0.0500. The van der Waals surface area contributed by atoms with Gasteiger partial charge in [0.05, 0.1) is 5.56 Å². The fourth-order valence-electron chi connectivity index (χ4n) is 2.43. The number of aromatic carboxylic acids is 1. The molecule has 0 spiro atoms. The number of carboxylic acids is 1. The molecule has 0 aliphatic carbocycles. The molecule has 3 nitrogen and oxygen atoms in total. The molecule has 0 atom stereocenters. The van der Waals surface area contributed by atoms with Gasteiger partial charge in [-0.25, -0.2) is 13.6 Å². The van der Waals surface area contributed by atoms with E-state index in [1.807, 2.05) is 30.3 Å². The van der Waals surface area contributed by atoms with Crippen molar-refractivity contribution >= 4 is 5.97 Å². The van der Waals surface area contributed by atoms with Gasteiger partial charge < -0.3 is 9.84 Å². The normalized spacial score (nSPS) is 10.5. The van der Waals surface area contributed by atoms with E-state index in [0.29, 0.717) is 24.0 Å². The Morgan fingerprint density at radius 2 is 1.68 bits per heavy atom. The zero-order valence-electron chi connectivity index (χ0n) is 13.1. The Labute approximate surface area is 143 Å². The highest BCUT2D eigenvalue weighted by molar-refractivity contribution is 5.88. The van der Waals surface area contributed by atoms with Crippen LogP contribution >= 0.6 is 0 Å². The maximum atomic E-state index is 14.2. The minimum Gasteiger partial charge on any atom is -0.489 e. The minimum absolute atomic E-state index is 0.0207. The number of ether oxygens (including phenoxy) is 1. The number of benzene rings is 3. The molecule has 0 aromatic heterocycles. The predicted molar refractivity (Wildman–Crippen MR) is 89.5 cm³/mol. The molecule has 0 radical (unpaired) electrons. The monoisotopic (exact) mass is 340 g/mol. The summed E-state index contributed by atoms with van der Waals surface area (Å²) in [5.41, 5.74) is 0.667. The maximum Gasteiger partial charge on any atom is 0.338 e. The first-order valence-corrected chi connectivity index (χ1v) is 7.54. The van der Waals surface area contributed by atoms with Gasteiger partial charge in [0, 0.05) is 5.56 Å². The van der Waals surface area contributed by atoms with Crippen LogP contribution in [0.25, 0.3) is 11.1 Å². The first-order chi connectivity index (χ1) is 12.0. The molecule has 0 bridgehead atoms. The van der Waals surface area contributed by atoms with Gasteiger partial charge in [0.2, 0.25) is 0 Å². The molecule has 3 aromatic carbocycles. The SMILES string of the molecule is O=C(O)c1cc(F)c(-c2cccc(OCc3ccccc3)c2)cc1F. The first-order valence-electron chi connectivity index (χ1n) is 7.54. The average molecular weight is 340 g/mol. The summed E-state index contributed by atoms with van der Waals surface area (Å²) in [4.78, 5) is 10.9. The number of rotatable bonds is 5. The Bertz CT molecular complexity index is 908. The largest absolute Gasteiger partial charge is 0.489 e. The van der Waals surface area contributed by atoms with Gasteiger partial charge in [0.25, 0.3) is 0 Å². The van der Waals surface area contributed by atoms with Crippen molar-refractivity contribution in [3.05, 3.63) is 89.5 Å². The van der Waals surface area contributed by atoms with Crippen LogP contribution in [0.4, 0.5) is 8.78 Å². The molecule has 126 valence electrons. The Kier molecular flexibility index (Phi) is 4.75. The van der Waals surface area contributed by atoms with E-state index in [1.54, 1.807) is 24.3 Å². The van der Waals surface area contributed by atoms with Crippen LogP contribution in [0.1, 0.15) is 15.9 Å². The Morgan fingerprint density at radius 3 is 2.40 bits per heavy atom.